The monoisotopic (exact) mass is 463 g/mol. The molecule has 2 aromatic carbocycles. The standard InChI is InChI=1S/C23H21ClF3N3O2/c24-18-12-28-22(21-19(26)10-14(25)11-20(21)27)17-9-13(1-2-16(17)18)23(32)29-15-3-5-30(6-4-15)7-8-31/h1-2,9-12,15,31H,3-8H2,(H,29,32). The second-order valence-electron chi connectivity index (χ2n) is 7.77. The van der Waals surface area contributed by atoms with E-state index in [4.69, 9.17) is 16.7 Å². The van der Waals surface area contributed by atoms with Crippen LogP contribution in [0.1, 0.15) is 23.2 Å². The van der Waals surface area contributed by atoms with E-state index >= 15 is 0 Å². The first kappa shape index (κ1) is 22.5. The third-order valence-electron chi connectivity index (χ3n) is 5.68. The number of aliphatic hydroxyl groups is 1. The van der Waals surface area contributed by atoms with Crippen molar-refractivity contribution in [2.24, 2.45) is 0 Å². The highest BCUT2D eigenvalue weighted by atomic mass is 35.5. The molecular weight excluding hydrogens is 443 g/mol. The first-order chi connectivity index (χ1) is 15.4. The molecule has 0 aliphatic carbocycles. The van der Waals surface area contributed by atoms with Gasteiger partial charge in [0, 0.05) is 60.3 Å². The molecule has 5 nitrogen and oxygen atoms in total. The highest BCUT2D eigenvalue weighted by Crippen LogP contribution is 2.34. The summed E-state index contributed by atoms with van der Waals surface area (Å²) >= 11 is 6.22. The fraction of sp³-hybridized carbons (Fsp3) is 0.304. The van der Waals surface area contributed by atoms with Gasteiger partial charge in [-0.05, 0) is 25.0 Å². The number of carbonyl (C=O) groups is 1. The summed E-state index contributed by atoms with van der Waals surface area (Å²) in [4.78, 5) is 19.1. The molecule has 2 N–H and O–H groups in total. The van der Waals surface area contributed by atoms with Gasteiger partial charge in [0.05, 0.1) is 22.9 Å². The number of hydrogen-bond acceptors (Lipinski definition) is 4. The summed E-state index contributed by atoms with van der Waals surface area (Å²) < 4.78 is 42.2. The molecule has 0 atom stereocenters. The van der Waals surface area contributed by atoms with Gasteiger partial charge in [-0.15, -0.1) is 0 Å². The number of likely N-dealkylation sites (tertiary alicyclic amines) is 1. The second kappa shape index (κ2) is 9.44. The van der Waals surface area contributed by atoms with Crippen LogP contribution in [0.15, 0.2) is 36.5 Å². The van der Waals surface area contributed by atoms with Crippen LogP contribution < -0.4 is 5.32 Å². The van der Waals surface area contributed by atoms with E-state index in [0.29, 0.717) is 29.6 Å². The van der Waals surface area contributed by atoms with Crippen LogP contribution in [0, 0.1) is 17.5 Å². The van der Waals surface area contributed by atoms with Gasteiger partial charge in [-0.2, -0.15) is 0 Å². The minimum absolute atomic E-state index is 0.0166. The van der Waals surface area contributed by atoms with E-state index < -0.39 is 23.0 Å². The van der Waals surface area contributed by atoms with Crippen molar-refractivity contribution in [3.8, 4) is 11.3 Å². The van der Waals surface area contributed by atoms with Gasteiger partial charge in [0.25, 0.3) is 5.91 Å². The molecule has 1 aliphatic heterocycles. The maximum absolute atomic E-state index is 14.4. The molecule has 0 radical (unpaired) electrons. The summed E-state index contributed by atoms with van der Waals surface area (Å²) in [6, 6.07) is 5.83. The van der Waals surface area contributed by atoms with Crippen LogP contribution in [0.2, 0.25) is 5.02 Å². The third-order valence-corrected chi connectivity index (χ3v) is 5.99. The van der Waals surface area contributed by atoms with E-state index in [1.807, 2.05) is 0 Å². The Morgan fingerprint density at radius 3 is 2.47 bits per heavy atom. The molecule has 9 heteroatoms. The van der Waals surface area contributed by atoms with Gasteiger partial charge in [-0.25, -0.2) is 13.2 Å². The molecule has 1 amide bonds. The quantitative estimate of drug-likeness (QED) is 0.596. The van der Waals surface area contributed by atoms with Crippen LogP contribution in [0.3, 0.4) is 0 Å². The Kier molecular flexibility index (Phi) is 6.64. The summed E-state index contributed by atoms with van der Waals surface area (Å²) in [5.74, 6) is -3.54. The summed E-state index contributed by atoms with van der Waals surface area (Å²) in [7, 11) is 0. The zero-order chi connectivity index (χ0) is 22.8. The minimum Gasteiger partial charge on any atom is -0.395 e. The molecule has 32 heavy (non-hydrogen) atoms. The lowest BCUT2D eigenvalue weighted by Gasteiger charge is -2.31. The maximum atomic E-state index is 14.4. The molecule has 1 aliphatic rings. The van der Waals surface area contributed by atoms with Gasteiger partial charge in [-0.1, -0.05) is 17.7 Å². The number of piperidine rings is 1. The molecule has 1 saturated heterocycles. The Labute approximate surface area is 187 Å². The molecule has 4 rings (SSSR count). The van der Waals surface area contributed by atoms with E-state index in [1.54, 1.807) is 12.1 Å². The van der Waals surface area contributed by atoms with Crippen molar-refractivity contribution in [1.29, 1.82) is 0 Å². The van der Waals surface area contributed by atoms with E-state index in [9.17, 15) is 18.0 Å². The smallest absolute Gasteiger partial charge is 0.251 e. The molecular formula is C23H21ClF3N3O2. The van der Waals surface area contributed by atoms with E-state index in [2.05, 4.69) is 15.2 Å². The molecule has 168 valence electrons. The topological polar surface area (TPSA) is 65.5 Å². The van der Waals surface area contributed by atoms with E-state index in [0.717, 1.165) is 25.9 Å². The van der Waals surface area contributed by atoms with Crippen LogP contribution in [0.4, 0.5) is 13.2 Å². The lowest BCUT2D eigenvalue weighted by atomic mass is 10.00. The largest absolute Gasteiger partial charge is 0.395 e. The van der Waals surface area contributed by atoms with Crippen molar-refractivity contribution in [1.82, 2.24) is 15.2 Å². The van der Waals surface area contributed by atoms with Crippen LogP contribution in [0.25, 0.3) is 22.0 Å². The molecule has 0 spiro atoms. The number of nitrogens with one attached hydrogen (secondary N) is 1. The molecule has 0 unspecified atom stereocenters. The fourth-order valence-electron chi connectivity index (χ4n) is 4.03. The minimum atomic E-state index is -1.09. The zero-order valence-corrected chi connectivity index (χ0v) is 17.8. The lowest BCUT2D eigenvalue weighted by molar-refractivity contribution is 0.0903. The number of halogens is 4. The first-order valence-electron chi connectivity index (χ1n) is 10.2. The number of hydrogen-bond donors (Lipinski definition) is 2. The van der Waals surface area contributed by atoms with Crippen LogP contribution in [-0.2, 0) is 0 Å². The number of β-amino-alcohol motifs (C(OH)–C–C–N with tert-alkyl or cyclic N) is 1. The molecule has 2 heterocycles. The number of nitrogens with zero attached hydrogens (tertiary/aromatic N) is 2. The van der Waals surface area contributed by atoms with Gasteiger partial charge in [-0.3, -0.25) is 9.78 Å². The van der Waals surface area contributed by atoms with Crippen molar-refractivity contribution < 1.29 is 23.1 Å². The number of fused-ring (bicyclic) bond motifs is 1. The summed E-state index contributed by atoms with van der Waals surface area (Å²) in [5.41, 5.74) is -0.253. The van der Waals surface area contributed by atoms with Crippen LogP contribution in [-0.4, -0.2) is 53.2 Å². The van der Waals surface area contributed by atoms with Crippen LogP contribution in [0.5, 0.6) is 0 Å². The number of aromatic nitrogens is 1. The molecule has 0 bridgehead atoms. The SMILES string of the molecule is O=C(NC1CCN(CCO)CC1)c1ccc2c(Cl)cnc(-c3c(F)cc(F)cc3F)c2c1. The van der Waals surface area contributed by atoms with Gasteiger partial charge in [0.15, 0.2) is 0 Å². The predicted octanol–water partition coefficient (Wildman–Crippen LogP) is 4.16. The second-order valence-corrected chi connectivity index (χ2v) is 8.18. The molecule has 1 fully saturated rings. The Bertz CT molecular complexity index is 1140. The van der Waals surface area contributed by atoms with Crippen molar-refractivity contribution >= 4 is 28.3 Å². The van der Waals surface area contributed by atoms with Gasteiger partial charge in [0.1, 0.15) is 17.5 Å². The third kappa shape index (κ3) is 4.57. The highest BCUT2D eigenvalue weighted by molar-refractivity contribution is 6.35. The zero-order valence-electron chi connectivity index (χ0n) is 17.0. The van der Waals surface area contributed by atoms with Crippen LogP contribution >= 0.6 is 11.6 Å². The van der Waals surface area contributed by atoms with Crippen molar-refractivity contribution in [2.75, 3.05) is 26.2 Å². The van der Waals surface area contributed by atoms with Gasteiger partial charge < -0.3 is 15.3 Å². The van der Waals surface area contributed by atoms with E-state index in [-0.39, 0.29) is 34.7 Å². The summed E-state index contributed by atoms with van der Waals surface area (Å²) in [6.07, 6.45) is 2.77. The Balaban J connectivity index is 1.65. The summed E-state index contributed by atoms with van der Waals surface area (Å²) in [5, 5.41) is 13.0. The number of pyridine rings is 1. The molecule has 3 aromatic rings. The number of amides is 1. The Hall–Kier alpha value is -2.68. The van der Waals surface area contributed by atoms with Gasteiger partial charge in [0.2, 0.25) is 0 Å². The maximum Gasteiger partial charge on any atom is 0.251 e. The van der Waals surface area contributed by atoms with Crippen molar-refractivity contribution in [2.45, 2.75) is 18.9 Å². The number of benzene rings is 2. The normalized spacial score (nSPS) is 15.3. The fourth-order valence-corrected chi connectivity index (χ4v) is 4.24. The number of rotatable bonds is 5. The lowest BCUT2D eigenvalue weighted by Crippen LogP contribution is -2.45. The van der Waals surface area contributed by atoms with Crippen molar-refractivity contribution in [3.63, 3.8) is 0 Å². The highest BCUT2D eigenvalue weighted by Gasteiger charge is 2.22. The average molecular weight is 464 g/mol. The van der Waals surface area contributed by atoms with Gasteiger partial charge >= 0.3 is 0 Å². The molecule has 0 saturated carbocycles. The Morgan fingerprint density at radius 1 is 1.12 bits per heavy atom. The summed E-state index contributed by atoms with van der Waals surface area (Å²) in [6.45, 7) is 2.26. The predicted molar refractivity (Wildman–Crippen MR) is 116 cm³/mol. The Morgan fingerprint density at radius 2 is 1.81 bits per heavy atom. The van der Waals surface area contributed by atoms with E-state index in [1.165, 1.54) is 12.3 Å². The molecule has 1 aromatic heterocycles. The number of aliphatic hydroxyl groups excluding tert-OH is 1. The van der Waals surface area contributed by atoms with Crippen molar-refractivity contribution in [3.05, 3.63) is 64.6 Å². The number of carbonyl (C=O) groups excluding carboxylic acids is 1. The first-order valence-corrected chi connectivity index (χ1v) is 10.6. The average Bonchev–Trinajstić information content (AvgIpc) is 2.76.